The number of benzene rings is 1. The number of hydrazone groups is 1. The first kappa shape index (κ1) is 14.0. The number of aromatic hydroxyl groups is 1. The van der Waals surface area contributed by atoms with Gasteiger partial charge in [0.1, 0.15) is 5.75 Å². The summed E-state index contributed by atoms with van der Waals surface area (Å²) in [7, 11) is 1.34. The minimum Gasteiger partial charge on any atom is -0.508 e. The van der Waals surface area contributed by atoms with Crippen LogP contribution in [0.25, 0.3) is 0 Å². The summed E-state index contributed by atoms with van der Waals surface area (Å²) in [4.78, 5) is 15.3. The molecule has 0 saturated carbocycles. The zero-order valence-electron chi connectivity index (χ0n) is 10.7. The van der Waals surface area contributed by atoms with Gasteiger partial charge in [-0.2, -0.15) is 5.10 Å². The maximum Gasteiger partial charge on any atom is 0.311 e. The molecule has 1 heterocycles. The van der Waals surface area contributed by atoms with Crippen LogP contribution in [0.1, 0.15) is 11.3 Å². The molecule has 104 valence electrons. The molecule has 2 rings (SSSR count). The number of carbonyl (C=O) groups is 1. The van der Waals surface area contributed by atoms with Crippen molar-refractivity contribution in [1.29, 1.82) is 0 Å². The predicted octanol–water partition coefficient (Wildman–Crippen LogP) is 2.01. The van der Waals surface area contributed by atoms with Gasteiger partial charge in [-0.15, -0.1) is 11.3 Å². The molecule has 1 aromatic carbocycles. The summed E-state index contributed by atoms with van der Waals surface area (Å²) >= 11 is 1.35. The third-order valence-electron chi connectivity index (χ3n) is 2.35. The van der Waals surface area contributed by atoms with Gasteiger partial charge in [-0.1, -0.05) is 12.1 Å². The fourth-order valence-electron chi connectivity index (χ4n) is 1.43. The SMILES string of the molecule is COC(=O)Cc1csc(N/N=C\c2cccc(O)c2)n1. The number of anilines is 1. The molecule has 0 radical (unpaired) electrons. The van der Waals surface area contributed by atoms with Crippen molar-refractivity contribution in [3.8, 4) is 5.75 Å². The number of nitrogens with zero attached hydrogens (tertiary/aromatic N) is 2. The second-order valence-electron chi connectivity index (χ2n) is 3.86. The summed E-state index contributed by atoms with van der Waals surface area (Å²) in [5.74, 6) is -0.145. The highest BCUT2D eigenvalue weighted by Gasteiger charge is 2.06. The molecule has 0 fully saturated rings. The molecular weight excluding hydrogens is 278 g/mol. The normalized spacial score (nSPS) is 10.7. The Morgan fingerprint density at radius 1 is 1.60 bits per heavy atom. The molecule has 0 bridgehead atoms. The van der Waals surface area contributed by atoms with E-state index in [4.69, 9.17) is 0 Å². The van der Waals surface area contributed by atoms with E-state index in [0.29, 0.717) is 10.8 Å². The highest BCUT2D eigenvalue weighted by molar-refractivity contribution is 7.13. The quantitative estimate of drug-likeness (QED) is 0.500. The molecule has 0 amide bonds. The van der Waals surface area contributed by atoms with Gasteiger partial charge in [0.15, 0.2) is 0 Å². The Kier molecular flexibility index (Phi) is 4.67. The molecule has 0 aliphatic heterocycles. The van der Waals surface area contributed by atoms with Crippen LogP contribution in [-0.2, 0) is 16.0 Å². The van der Waals surface area contributed by atoms with Gasteiger partial charge >= 0.3 is 5.97 Å². The lowest BCUT2D eigenvalue weighted by atomic mass is 10.2. The van der Waals surface area contributed by atoms with Crippen LogP contribution in [0.5, 0.6) is 5.75 Å². The Labute approximate surface area is 119 Å². The molecule has 7 heteroatoms. The molecule has 2 N–H and O–H groups in total. The van der Waals surface area contributed by atoms with Gasteiger partial charge in [-0.05, 0) is 17.7 Å². The Morgan fingerprint density at radius 2 is 2.45 bits per heavy atom. The highest BCUT2D eigenvalue weighted by atomic mass is 32.1. The number of phenolic OH excluding ortho intramolecular Hbond substituents is 1. The number of nitrogens with one attached hydrogen (secondary N) is 1. The van der Waals surface area contributed by atoms with Crippen molar-refractivity contribution in [2.75, 3.05) is 12.5 Å². The second kappa shape index (κ2) is 6.67. The van der Waals surface area contributed by atoms with Gasteiger partial charge in [-0.3, -0.25) is 10.2 Å². The lowest BCUT2D eigenvalue weighted by Gasteiger charge is -1.96. The Morgan fingerprint density at radius 3 is 3.20 bits per heavy atom. The third-order valence-corrected chi connectivity index (χ3v) is 3.14. The van der Waals surface area contributed by atoms with Crippen molar-refractivity contribution in [3.05, 3.63) is 40.9 Å². The van der Waals surface area contributed by atoms with Crippen LogP contribution in [0.15, 0.2) is 34.7 Å². The first-order valence-corrected chi connectivity index (χ1v) is 6.64. The van der Waals surface area contributed by atoms with Crippen molar-refractivity contribution >= 4 is 28.7 Å². The zero-order valence-corrected chi connectivity index (χ0v) is 11.6. The van der Waals surface area contributed by atoms with E-state index in [-0.39, 0.29) is 18.1 Å². The monoisotopic (exact) mass is 291 g/mol. The van der Waals surface area contributed by atoms with Crippen molar-refractivity contribution in [3.63, 3.8) is 0 Å². The predicted molar refractivity (Wildman–Crippen MR) is 77.2 cm³/mol. The van der Waals surface area contributed by atoms with E-state index >= 15 is 0 Å². The van der Waals surface area contributed by atoms with Gasteiger partial charge in [0.25, 0.3) is 0 Å². The Hall–Kier alpha value is -2.41. The van der Waals surface area contributed by atoms with Gasteiger partial charge < -0.3 is 9.84 Å². The van der Waals surface area contributed by atoms with E-state index < -0.39 is 0 Å². The number of carbonyl (C=O) groups excluding carboxylic acids is 1. The molecule has 0 aliphatic rings. The van der Waals surface area contributed by atoms with Gasteiger partial charge in [0.2, 0.25) is 5.13 Å². The lowest BCUT2D eigenvalue weighted by Crippen LogP contribution is -2.04. The molecule has 0 atom stereocenters. The number of methoxy groups -OCH3 is 1. The van der Waals surface area contributed by atoms with E-state index in [2.05, 4.69) is 20.2 Å². The third kappa shape index (κ3) is 4.06. The molecule has 2 aromatic rings. The number of ether oxygens (including phenoxy) is 1. The highest BCUT2D eigenvalue weighted by Crippen LogP contribution is 2.16. The number of hydrogen-bond acceptors (Lipinski definition) is 7. The van der Waals surface area contributed by atoms with Gasteiger partial charge in [-0.25, -0.2) is 4.98 Å². The molecule has 0 aliphatic carbocycles. The van der Waals surface area contributed by atoms with Crippen LogP contribution in [0.2, 0.25) is 0 Å². The fourth-order valence-corrected chi connectivity index (χ4v) is 2.09. The van der Waals surface area contributed by atoms with Gasteiger partial charge in [0.05, 0.1) is 25.4 Å². The summed E-state index contributed by atoms with van der Waals surface area (Å²) < 4.78 is 4.57. The standard InChI is InChI=1S/C13H13N3O3S/c1-19-12(18)6-10-8-20-13(15-10)16-14-7-9-3-2-4-11(17)5-9/h2-5,7-8,17H,6H2,1H3,(H,15,16)/b14-7-. The summed E-state index contributed by atoms with van der Waals surface area (Å²) in [5, 5.41) is 15.7. The number of thiazole rings is 1. The summed E-state index contributed by atoms with van der Waals surface area (Å²) in [6.45, 7) is 0. The molecule has 0 spiro atoms. The lowest BCUT2D eigenvalue weighted by molar-refractivity contribution is -0.139. The molecule has 1 aromatic heterocycles. The van der Waals surface area contributed by atoms with E-state index in [1.807, 2.05) is 6.07 Å². The van der Waals surface area contributed by atoms with Crippen LogP contribution < -0.4 is 5.43 Å². The van der Waals surface area contributed by atoms with Crippen LogP contribution >= 0.6 is 11.3 Å². The molecule has 0 unspecified atom stereocenters. The maximum absolute atomic E-state index is 11.1. The van der Waals surface area contributed by atoms with Crippen molar-refractivity contribution < 1.29 is 14.6 Å². The first-order chi connectivity index (χ1) is 9.67. The number of esters is 1. The van der Waals surface area contributed by atoms with E-state index in [9.17, 15) is 9.90 Å². The van der Waals surface area contributed by atoms with Crippen LogP contribution in [0, 0.1) is 0 Å². The second-order valence-corrected chi connectivity index (χ2v) is 4.72. The number of phenols is 1. The van der Waals surface area contributed by atoms with E-state index in [1.165, 1.54) is 18.4 Å². The van der Waals surface area contributed by atoms with Crippen molar-refractivity contribution in [2.24, 2.45) is 5.10 Å². The smallest absolute Gasteiger partial charge is 0.311 e. The summed E-state index contributed by atoms with van der Waals surface area (Å²) in [5.41, 5.74) is 4.17. The fraction of sp³-hybridized carbons (Fsp3) is 0.154. The van der Waals surface area contributed by atoms with Crippen LogP contribution in [0.4, 0.5) is 5.13 Å². The Bertz CT molecular complexity index is 625. The molecular formula is C13H13N3O3S. The van der Waals surface area contributed by atoms with Crippen molar-refractivity contribution in [2.45, 2.75) is 6.42 Å². The molecule has 0 saturated heterocycles. The summed E-state index contributed by atoms with van der Waals surface area (Å²) in [6, 6.07) is 6.73. The van der Waals surface area contributed by atoms with Crippen molar-refractivity contribution in [1.82, 2.24) is 4.98 Å². The average Bonchev–Trinajstić information content (AvgIpc) is 2.86. The van der Waals surface area contributed by atoms with E-state index in [0.717, 1.165) is 5.56 Å². The number of rotatable bonds is 5. The summed E-state index contributed by atoms with van der Waals surface area (Å²) in [6.07, 6.45) is 1.71. The largest absolute Gasteiger partial charge is 0.508 e. The topological polar surface area (TPSA) is 83.8 Å². The number of hydrogen-bond donors (Lipinski definition) is 2. The van der Waals surface area contributed by atoms with Crippen LogP contribution in [0.3, 0.4) is 0 Å². The average molecular weight is 291 g/mol. The molecule has 6 nitrogen and oxygen atoms in total. The minimum atomic E-state index is -0.329. The van der Waals surface area contributed by atoms with Gasteiger partial charge in [0, 0.05) is 5.38 Å². The molecule has 20 heavy (non-hydrogen) atoms. The van der Waals surface area contributed by atoms with E-state index in [1.54, 1.807) is 29.8 Å². The zero-order chi connectivity index (χ0) is 14.4. The maximum atomic E-state index is 11.1. The minimum absolute atomic E-state index is 0.144. The Balaban J connectivity index is 1.92. The first-order valence-electron chi connectivity index (χ1n) is 5.76. The van der Waals surface area contributed by atoms with Crippen LogP contribution in [-0.4, -0.2) is 29.4 Å². The number of aromatic nitrogens is 1.